The second-order valence-electron chi connectivity index (χ2n) is 3.82. The van der Waals surface area contributed by atoms with Crippen molar-refractivity contribution in [3.63, 3.8) is 0 Å². The first kappa shape index (κ1) is 11.4. The Morgan fingerprint density at radius 2 is 2.38 bits per heavy atom. The number of hydrogen-bond acceptors (Lipinski definition) is 3. The lowest BCUT2D eigenvalue weighted by Gasteiger charge is -2.15. The van der Waals surface area contributed by atoms with Gasteiger partial charge < -0.3 is 15.4 Å². The Kier molecular flexibility index (Phi) is 3.46. The van der Waals surface area contributed by atoms with Crippen LogP contribution in [0.1, 0.15) is 6.42 Å². The van der Waals surface area contributed by atoms with E-state index in [1.54, 1.807) is 17.0 Å². The minimum atomic E-state index is -0.328. The van der Waals surface area contributed by atoms with Crippen LogP contribution in [0.4, 0.5) is 4.79 Å². The van der Waals surface area contributed by atoms with Crippen LogP contribution in [0.2, 0.25) is 0 Å². The van der Waals surface area contributed by atoms with E-state index in [9.17, 15) is 4.79 Å². The Bertz CT molecular complexity index is 397. The van der Waals surface area contributed by atoms with E-state index in [4.69, 9.17) is 10.5 Å². The zero-order valence-electron chi connectivity index (χ0n) is 8.73. The monoisotopic (exact) mass is 284 g/mol. The molecule has 1 atom stereocenters. The van der Waals surface area contributed by atoms with E-state index in [1.807, 2.05) is 12.1 Å². The van der Waals surface area contributed by atoms with Crippen LogP contribution in [-0.4, -0.2) is 30.1 Å². The molecule has 2 rings (SSSR count). The number of nitrogens with two attached hydrogens (primary N) is 1. The molecule has 1 aromatic carbocycles. The average molecular weight is 285 g/mol. The fraction of sp³-hybridized carbons (Fsp3) is 0.364. The highest BCUT2D eigenvalue weighted by molar-refractivity contribution is 9.10. The van der Waals surface area contributed by atoms with Crippen LogP contribution in [-0.2, 0) is 0 Å². The van der Waals surface area contributed by atoms with Gasteiger partial charge in [0.2, 0.25) is 0 Å². The van der Waals surface area contributed by atoms with Crippen LogP contribution in [0.15, 0.2) is 28.7 Å². The molecular weight excluding hydrogens is 272 g/mol. The first-order chi connectivity index (χ1) is 7.65. The molecule has 0 saturated carbocycles. The van der Waals surface area contributed by atoms with Crippen LogP contribution in [0.25, 0.3) is 0 Å². The predicted molar refractivity (Wildman–Crippen MR) is 64.3 cm³/mol. The molecule has 0 bridgehead atoms. The van der Waals surface area contributed by atoms with E-state index in [2.05, 4.69) is 15.9 Å². The van der Waals surface area contributed by atoms with Crippen LogP contribution in [0, 0.1) is 0 Å². The van der Waals surface area contributed by atoms with Crippen LogP contribution >= 0.6 is 15.9 Å². The van der Waals surface area contributed by atoms with Crippen molar-refractivity contribution in [1.29, 1.82) is 0 Å². The van der Waals surface area contributed by atoms with Gasteiger partial charge in [0, 0.05) is 23.6 Å². The third-order valence-corrected chi connectivity index (χ3v) is 2.98. The third-order valence-electron chi connectivity index (χ3n) is 2.48. The van der Waals surface area contributed by atoms with Gasteiger partial charge in [-0.1, -0.05) is 22.0 Å². The van der Waals surface area contributed by atoms with E-state index in [-0.39, 0.29) is 12.1 Å². The van der Waals surface area contributed by atoms with Crippen molar-refractivity contribution in [2.24, 2.45) is 5.73 Å². The fourth-order valence-corrected chi connectivity index (χ4v) is 2.03. The van der Waals surface area contributed by atoms with Crippen LogP contribution < -0.4 is 10.5 Å². The highest BCUT2D eigenvalue weighted by atomic mass is 79.9. The molecule has 0 aliphatic carbocycles. The second kappa shape index (κ2) is 4.84. The standard InChI is InChI=1S/C11H13BrN2O2/c12-8-2-1-3-10(6-8)16-11(15)14-5-4-9(13)7-14/h1-3,6,9H,4-5,7,13H2. The van der Waals surface area contributed by atoms with Crippen molar-refractivity contribution in [3.8, 4) is 5.75 Å². The van der Waals surface area contributed by atoms with Gasteiger partial charge in [-0.3, -0.25) is 0 Å². The highest BCUT2D eigenvalue weighted by Crippen LogP contribution is 2.19. The number of halogens is 1. The largest absolute Gasteiger partial charge is 0.415 e. The van der Waals surface area contributed by atoms with E-state index in [1.165, 1.54) is 0 Å². The van der Waals surface area contributed by atoms with E-state index in [0.29, 0.717) is 18.8 Å². The number of hydrogen-bond donors (Lipinski definition) is 1. The molecule has 1 heterocycles. The molecule has 0 aromatic heterocycles. The molecule has 0 radical (unpaired) electrons. The summed E-state index contributed by atoms with van der Waals surface area (Å²) in [5, 5.41) is 0. The van der Waals surface area contributed by atoms with Crippen LogP contribution in [0.3, 0.4) is 0 Å². The molecule has 86 valence electrons. The summed E-state index contributed by atoms with van der Waals surface area (Å²) in [6.07, 6.45) is 0.513. The smallest absolute Gasteiger partial charge is 0.410 e. The first-order valence-electron chi connectivity index (χ1n) is 5.13. The Morgan fingerprint density at radius 1 is 1.56 bits per heavy atom. The number of ether oxygens (including phenoxy) is 1. The van der Waals surface area contributed by atoms with Crippen molar-refractivity contribution in [1.82, 2.24) is 4.90 Å². The minimum Gasteiger partial charge on any atom is -0.410 e. The summed E-state index contributed by atoms with van der Waals surface area (Å²) in [5.74, 6) is 0.542. The molecule has 1 aliphatic heterocycles. The predicted octanol–water partition coefficient (Wildman–Crippen LogP) is 1.98. The highest BCUT2D eigenvalue weighted by Gasteiger charge is 2.24. The zero-order chi connectivity index (χ0) is 11.5. The van der Waals surface area contributed by atoms with Gasteiger partial charge in [0.05, 0.1) is 0 Å². The van der Waals surface area contributed by atoms with Crippen molar-refractivity contribution >= 4 is 22.0 Å². The Hall–Kier alpha value is -1.07. The summed E-state index contributed by atoms with van der Waals surface area (Å²) in [7, 11) is 0. The number of carbonyl (C=O) groups excluding carboxylic acids is 1. The van der Waals surface area contributed by atoms with Crippen molar-refractivity contribution in [3.05, 3.63) is 28.7 Å². The lowest BCUT2D eigenvalue weighted by Crippen LogP contribution is -2.33. The summed E-state index contributed by atoms with van der Waals surface area (Å²) in [6.45, 7) is 1.25. The minimum absolute atomic E-state index is 0.0788. The lowest BCUT2D eigenvalue weighted by atomic mass is 10.3. The lowest BCUT2D eigenvalue weighted by molar-refractivity contribution is 0.162. The Labute approximate surface area is 102 Å². The number of carbonyl (C=O) groups is 1. The SMILES string of the molecule is NC1CCN(C(=O)Oc2cccc(Br)c2)C1. The molecule has 16 heavy (non-hydrogen) atoms. The van der Waals surface area contributed by atoms with Gasteiger partial charge in [-0.2, -0.15) is 0 Å². The van der Waals surface area contributed by atoms with Gasteiger partial charge in [0.25, 0.3) is 0 Å². The van der Waals surface area contributed by atoms with Gasteiger partial charge in [0.15, 0.2) is 0 Å². The maximum atomic E-state index is 11.7. The zero-order valence-corrected chi connectivity index (χ0v) is 10.3. The van der Waals surface area contributed by atoms with Crippen molar-refractivity contribution in [2.45, 2.75) is 12.5 Å². The second-order valence-corrected chi connectivity index (χ2v) is 4.74. The fourth-order valence-electron chi connectivity index (χ4n) is 1.65. The van der Waals surface area contributed by atoms with E-state index in [0.717, 1.165) is 10.9 Å². The molecule has 2 N–H and O–H groups in total. The molecule has 1 fully saturated rings. The first-order valence-corrected chi connectivity index (χ1v) is 5.92. The molecule has 1 aromatic rings. The molecule has 1 amide bonds. The molecule has 0 spiro atoms. The van der Waals surface area contributed by atoms with Crippen molar-refractivity contribution in [2.75, 3.05) is 13.1 Å². The van der Waals surface area contributed by atoms with Crippen molar-refractivity contribution < 1.29 is 9.53 Å². The quantitative estimate of drug-likeness (QED) is 0.858. The summed E-state index contributed by atoms with van der Waals surface area (Å²) >= 11 is 3.32. The maximum Gasteiger partial charge on any atom is 0.415 e. The third kappa shape index (κ3) is 2.74. The number of amides is 1. The van der Waals surface area contributed by atoms with Gasteiger partial charge in [-0.05, 0) is 24.6 Å². The summed E-state index contributed by atoms with van der Waals surface area (Å²) in [6, 6.07) is 7.29. The van der Waals surface area contributed by atoms with Crippen LogP contribution in [0.5, 0.6) is 5.75 Å². The Balaban J connectivity index is 1.97. The molecule has 1 unspecified atom stereocenters. The maximum absolute atomic E-state index is 11.7. The normalized spacial score (nSPS) is 19.9. The number of likely N-dealkylation sites (tertiary alicyclic amines) is 1. The van der Waals surface area contributed by atoms with E-state index >= 15 is 0 Å². The topological polar surface area (TPSA) is 55.6 Å². The summed E-state index contributed by atoms with van der Waals surface area (Å²) in [5.41, 5.74) is 5.72. The molecule has 1 saturated heterocycles. The average Bonchev–Trinajstić information content (AvgIpc) is 2.65. The number of benzene rings is 1. The Morgan fingerprint density at radius 3 is 3.00 bits per heavy atom. The summed E-state index contributed by atoms with van der Waals surface area (Å²) < 4.78 is 6.11. The number of nitrogens with zero attached hydrogens (tertiary/aromatic N) is 1. The summed E-state index contributed by atoms with van der Waals surface area (Å²) in [4.78, 5) is 13.3. The van der Waals surface area contributed by atoms with Gasteiger partial charge in [-0.15, -0.1) is 0 Å². The van der Waals surface area contributed by atoms with Gasteiger partial charge in [-0.25, -0.2) is 4.79 Å². The molecular formula is C11H13BrN2O2. The molecule has 1 aliphatic rings. The molecule has 5 heteroatoms. The van der Waals surface area contributed by atoms with E-state index < -0.39 is 0 Å². The van der Waals surface area contributed by atoms with Gasteiger partial charge in [0.1, 0.15) is 5.75 Å². The molecule has 4 nitrogen and oxygen atoms in total. The van der Waals surface area contributed by atoms with Gasteiger partial charge >= 0.3 is 6.09 Å². The number of rotatable bonds is 1.